The summed E-state index contributed by atoms with van der Waals surface area (Å²) in [5.74, 6) is -2.93. The lowest BCUT2D eigenvalue weighted by atomic mass is 9.91. The first kappa shape index (κ1) is 25.3. The highest BCUT2D eigenvalue weighted by Gasteiger charge is 2.38. The maximum absolute atomic E-state index is 13.4. The maximum Gasteiger partial charge on any atom is 0.573 e. The van der Waals surface area contributed by atoms with Crippen LogP contribution < -0.4 is 15.1 Å². The molecule has 3 atom stereocenters. The van der Waals surface area contributed by atoms with E-state index in [1.807, 2.05) is 11.8 Å². The number of halogens is 3. The van der Waals surface area contributed by atoms with Gasteiger partial charge in [-0.25, -0.2) is 5.48 Å². The summed E-state index contributed by atoms with van der Waals surface area (Å²) in [7, 11) is 0. The van der Waals surface area contributed by atoms with E-state index in [0.717, 1.165) is 5.56 Å². The van der Waals surface area contributed by atoms with E-state index in [9.17, 15) is 27.9 Å². The average Bonchev–Trinajstić information content (AvgIpc) is 2.81. The molecule has 1 unspecified atom stereocenters. The maximum atomic E-state index is 13.4. The van der Waals surface area contributed by atoms with Crippen molar-refractivity contribution in [3.8, 4) is 5.75 Å². The van der Waals surface area contributed by atoms with Crippen LogP contribution in [-0.4, -0.2) is 65.2 Å². The first-order valence-corrected chi connectivity index (χ1v) is 10.7. The van der Waals surface area contributed by atoms with Gasteiger partial charge in [0.25, 0.3) is 5.91 Å². The Hall–Kier alpha value is -3.31. The van der Waals surface area contributed by atoms with Crippen LogP contribution in [0.5, 0.6) is 5.75 Å². The topological polar surface area (TPSA) is 102 Å². The van der Waals surface area contributed by atoms with E-state index in [-0.39, 0.29) is 24.8 Å². The monoisotopic (exact) mass is 481 g/mol. The molecule has 0 radical (unpaired) electrons. The largest absolute Gasteiger partial charge is 0.573 e. The minimum atomic E-state index is -4.77. The van der Waals surface area contributed by atoms with Crippen molar-refractivity contribution in [3.05, 3.63) is 60.2 Å². The number of anilines is 1. The number of piperazine rings is 1. The first-order valence-electron chi connectivity index (χ1n) is 10.7. The quantitative estimate of drug-likeness (QED) is 0.415. The molecule has 0 spiro atoms. The Labute approximate surface area is 194 Å². The Bertz CT molecular complexity index is 972. The third-order valence-electron chi connectivity index (χ3n) is 5.72. The number of hydroxylamine groups is 1. The molecular weight excluding hydrogens is 455 g/mol. The Kier molecular flexibility index (Phi) is 8.00. The summed E-state index contributed by atoms with van der Waals surface area (Å²) < 4.78 is 41.0. The van der Waals surface area contributed by atoms with Crippen LogP contribution in [0.25, 0.3) is 0 Å². The van der Waals surface area contributed by atoms with Crippen molar-refractivity contribution in [3.63, 3.8) is 0 Å². The van der Waals surface area contributed by atoms with Gasteiger partial charge in [0.2, 0.25) is 5.91 Å². The van der Waals surface area contributed by atoms with Crippen LogP contribution >= 0.6 is 0 Å². The van der Waals surface area contributed by atoms with Crippen molar-refractivity contribution in [2.24, 2.45) is 5.92 Å². The molecule has 8 nitrogen and oxygen atoms in total. The van der Waals surface area contributed by atoms with Crippen LogP contribution in [0.4, 0.5) is 18.9 Å². The summed E-state index contributed by atoms with van der Waals surface area (Å²) in [5.41, 5.74) is 2.82. The Balaban J connectivity index is 1.70. The van der Waals surface area contributed by atoms with Gasteiger partial charge in [-0.15, -0.1) is 13.2 Å². The Morgan fingerprint density at radius 1 is 1.12 bits per heavy atom. The van der Waals surface area contributed by atoms with Gasteiger partial charge in [0.1, 0.15) is 11.9 Å². The minimum absolute atomic E-state index is 0.0991. The number of aliphatic hydroxyl groups excluding tert-OH is 1. The van der Waals surface area contributed by atoms with E-state index in [0.29, 0.717) is 18.8 Å². The Morgan fingerprint density at radius 2 is 1.76 bits per heavy atom. The van der Waals surface area contributed by atoms with Crippen molar-refractivity contribution < 1.29 is 37.8 Å². The van der Waals surface area contributed by atoms with Gasteiger partial charge in [0.05, 0.1) is 5.92 Å². The lowest BCUT2D eigenvalue weighted by Gasteiger charge is -2.42. The summed E-state index contributed by atoms with van der Waals surface area (Å²) in [6.45, 7) is 2.88. The molecule has 0 bridgehead atoms. The SMILES string of the molecule is CC1CN(c2ccc(OC(F)(F)F)cc2)CCN1C(=O)[C@@H](Cc1ccccc1)[C@H](O)C(=O)NO. The number of carbonyl (C=O) groups is 2. The number of nitrogens with one attached hydrogen (secondary N) is 1. The number of hydrogen-bond donors (Lipinski definition) is 3. The summed E-state index contributed by atoms with van der Waals surface area (Å²) in [6, 6.07) is 14.1. The molecule has 1 fully saturated rings. The molecule has 0 aromatic heterocycles. The van der Waals surface area contributed by atoms with Crippen LogP contribution in [0, 0.1) is 5.92 Å². The van der Waals surface area contributed by atoms with Crippen molar-refractivity contribution in [1.82, 2.24) is 10.4 Å². The molecule has 3 rings (SSSR count). The second-order valence-electron chi connectivity index (χ2n) is 8.09. The van der Waals surface area contributed by atoms with E-state index in [4.69, 9.17) is 5.21 Å². The standard InChI is InChI=1S/C23H26F3N3O5/c1-15-14-28(17-7-9-18(10-8-17)34-23(24,25)26)11-12-29(15)22(32)19(20(30)21(31)27-33)13-16-5-3-2-4-6-16/h2-10,15,19-20,30,33H,11-14H2,1H3,(H,27,31)/t15?,19-,20-/m0/s1. The summed E-state index contributed by atoms with van der Waals surface area (Å²) in [4.78, 5) is 28.7. The molecule has 1 heterocycles. The van der Waals surface area contributed by atoms with Crippen LogP contribution in [-0.2, 0) is 16.0 Å². The molecule has 11 heteroatoms. The second kappa shape index (κ2) is 10.7. The molecule has 1 saturated heterocycles. The van der Waals surface area contributed by atoms with Gasteiger partial charge < -0.3 is 19.6 Å². The van der Waals surface area contributed by atoms with Crippen molar-refractivity contribution in [2.45, 2.75) is 31.9 Å². The van der Waals surface area contributed by atoms with Gasteiger partial charge in [-0.2, -0.15) is 0 Å². The fourth-order valence-electron chi connectivity index (χ4n) is 4.04. The first-order chi connectivity index (χ1) is 16.1. The summed E-state index contributed by atoms with van der Waals surface area (Å²) in [5, 5.41) is 19.4. The van der Waals surface area contributed by atoms with E-state index < -0.39 is 30.2 Å². The number of nitrogens with zero attached hydrogens (tertiary/aromatic N) is 2. The highest BCUT2D eigenvalue weighted by molar-refractivity contribution is 5.89. The van der Waals surface area contributed by atoms with Crippen LogP contribution in [0.3, 0.4) is 0 Å². The van der Waals surface area contributed by atoms with Crippen molar-refractivity contribution in [1.29, 1.82) is 0 Å². The molecule has 2 aromatic carbocycles. The number of hydrogen-bond acceptors (Lipinski definition) is 6. The van der Waals surface area contributed by atoms with E-state index in [1.165, 1.54) is 29.7 Å². The highest BCUT2D eigenvalue weighted by atomic mass is 19.4. The molecule has 0 aliphatic carbocycles. The van der Waals surface area contributed by atoms with E-state index >= 15 is 0 Å². The molecule has 184 valence electrons. The predicted octanol–water partition coefficient (Wildman–Crippen LogP) is 2.35. The zero-order valence-corrected chi connectivity index (χ0v) is 18.4. The van der Waals surface area contributed by atoms with Crippen LogP contribution in [0.2, 0.25) is 0 Å². The number of aliphatic hydroxyl groups is 1. The third-order valence-corrected chi connectivity index (χ3v) is 5.72. The van der Waals surface area contributed by atoms with Gasteiger partial charge in [-0.1, -0.05) is 30.3 Å². The fourth-order valence-corrected chi connectivity index (χ4v) is 4.04. The number of carbonyl (C=O) groups excluding carboxylic acids is 2. The average molecular weight is 481 g/mol. The zero-order valence-electron chi connectivity index (χ0n) is 18.4. The normalized spacial score (nSPS) is 18.2. The minimum Gasteiger partial charge on any atom is -0.406 e. The number of amides is 2. The van der Waals surface area contributed by atoms with Gasteiger partial charge >= 0.3 is 6.36 Å². The lowest BCUT2D eigenvalue weighted by molar-refractivity contribution is -0.274. The fraction of sp³-hybridized carbons (Fsp3) is 0.391. The van der Waals surface area contributed by atoms with Crippen LogP contribution in [0.1, 0.15) is 12.5 Å². The van der Waals surface area contributed by atoms with Gasteiger partial charge in [-0.3, -0.25) is 14.8 Å². The molecule has 0 saturated carbocycles. The lowest BCUT2D eigenvalue weighted by Crippen LogP contribution is -2.57. The van der Waals surface area contributed by atoms with E-state index in [2.05, 4.69) is 4.74 Å². The van der Waals surface area contributed by atoms with Gasteiger partial charge in [-0.05, 0) is 43.2 Å². The zero-order chi connectivity index (χ0) is 24.9. The Morgan fingerprint density at radius 3 is 2.32 bits per heavy atom. The molecular formula is C23H26F3N3O5. The molecule has 2 amide bonds. The van der Waals surface area contributed by atoms with E-state index in [1.54, 1.807) is 35.2 Å². The van der Waals surface area contributed by atoms with Gasteiger partial charge in [0, 0.05) is 31.4 Å². The number of benzene rings is 2. The van der Waals surface area contributed by atoms with Crippen LogP contribution in [0.15, 0.2) is 54.6 Å². The summed E-state index contributed by atoms with van der Waals surface area (Å²) in [6.07, 6.45) is -6.42. The number of rotatable bonds is 7. The molecule has 3 N–H and O–H groups in total. The third kappa shape index (κ3) is 6.39. The predicted molar refractivity (Wildman–Crippen MR) is 116 cm³/mol. The highest BCUT2D eigenvalue weighted by Crippen LogP contribution is 2.27. The summed E-state index contributed by atoms with van der Waals surface area (Å²) >= 11 is 0. The molecule has 2 aromatic rings. The number of alkyl halides is 3. The molecule has 34 heavy (non-hydrogen) atoms. The van der Waals surface area contributed by atoms with Crippen molar-refractivity contribution in [2.75, 3.05) is 24.5 Å². The second-order valence-corrected chi connectivity index (χ2v) is 8.09. The molecule has 1 aliphatic rings. The van der Waals surface area contributed by atoms with Gasteiger partial charge in [0.15, 0.2) is 0 Å². The number of ether oxygens (including phenoxy) is 1. The smallest absolute Gasteiger partial charge is 0.406 e. The van der Waals surface area contributed by atoms with Crippen molar-refractivity contribution >= 4 is 17.5 Å². The molecule has 1 aliphatic heterocycles.